The molecule has 0 spiro atoms. The Morgan fingerprint density at radius 1 is 1.03 bits per heavy atom. The van der Waals surface area contributed by atoms with Crippen molar-refractivity contribution in [3.8, 4) is 0 Å². The van der Waals surface area contributed by atoms with E-state index in [4.69, 9.17) is 0 Å². The first kappa shape index (κ1) is 21.0. The van der Waals surface area contributed by atoms with Gasteiger partial charge in [0.25, 0.3) is 5.91 Å². The van der Waals surface area contributed by atoms with E-state index < -0.39 is 6.09 Å². The molecular formula is C23H24N4O3S. The Kier molecular flexibility index (Phi) is 5.99. The number of amides is 2. The summed E-state index contributed by atoms with van der Waals surface area (Å²) in [5.74, 6) is -0.0822. The molecule has 160 valence electrons. The van der Waals surface area contributed by atoms with Gasteiger partial charge in [0.15, 0.2) is 0 Å². The van der Waals surface area contributed by atoms with Crippen molar-refractivity contribution in [2.24, 2.45) is 0 Å². The van der Waals surface area contributed by atoms with E-state index in [9.17, 15) is 14.7 Å². The average molecular weight is 437 g/mol. The minimum absolute atomic E-state index is 0.0822. The van der Waals surface area contributed by atoms with Crippen LogP contribution < -0.4 is 4.72 Å². The average Bonchev–Trinajstić information content (AvgIpc) is 2.76. The predicted molar refractivity (Wildman–Crippen MR) is 122 cm³/mol. The number of aromatic nitrogens is 1. The highest BCUT2D eigenvalue weighted by Crippen LogP contribution is 2.27. The van der Waals surface area contributed by atoms with Gasteiger partial charge in [-0.3, -0.25) is 14.7 Å². The highest BCUT2D eigenvalue weighted by Gasteiger charge is 2.34. The second kappa shape index (κ2) is 8.85. The number of piperazine rings is 1. The van der Waals surface area contributed by atoms with Crippen LogP contribution in [-0.2, 0) is 0 Å². The van der Waals surface area contributed by atoms with Crippen LogP contribution in [0.2, 0.25) is 0 Å². The summed E-state index contributed by atoms with van der Waals surface area (Å²) in [6.07, 6.45) is 0.839. The number of rotatable bonds is 4. The molecule has 3 aromatic rings. The van der Waals surface area contributed by atoms with Gasteiger partial charge in [0.05, 0.1) is 22.5 Å². The van der Waals surface area contributed by atoms with E-state index in [1.165, 1.54) is 16.8 Å². The molecule has 0 radical (unpaired) electrons. The molecule has 4 rings (SSSR count). The molecular weight excluding hydrogens is 412 g/mol. The first-order valence-electron chi connectivity index (χ1n) is 10.1. The maximum atomic E-state index is 12.9. The summed E-state index contributed by atoms with van der Waals surface area (Å²) in [5, 5.41) is 10.4. The SMILES string of the molecule is CC1CN(C(=O)c2ccc(NSc3cccc4cccnc34)cc2)CC(C)N1C(=O)O. The molecule has 1 aromatic heterocycles. The summed E-state index contributed by atoms with van der Waals surface area (Å²) in [4.78, 5) is 33.0. The zero-order valence-electron chi connectivity index (χ0n) is 17.4. The first-order valence-corrected chi connectivity index (χ1v) is 10.9. The van der Waals surface area contributed by atoms with Crippen molar-refractivity contribution in [1.29, 1.82) is 0 Å². The Morgan fingerprint density at radius 2 is 1.71 bits per heavy atom. The van der Waals surface area contributed by atoms with Gasteiger partial charge in [-0.25, -0.2) is 4.79 Å². The minimum atomic E-state index is -0.943. The number of carbonyl (C=O) groups excluding carboxylic acids is 1. The van der Waals surface area contributed by atoms with Crippen molar-refractivity contribution >= 4 is 40.5 Å². The number of carbonyl (C=O) groups is 2. The lowest BCUT2D eigenvalue weighted by Crippen LogP contribution is -2.59. The zero-order chi connectivity index (χ0) is 22.0. The van der Waals surface area contributed by atoms with Crippen LogP contribution in [0.25, 0.3) is 10.9 Å². The zero-order valence-corrected chi connectivity index (χ0v) is 18.2. The quantitative estimate of drug-likeness (QED) is 0.583. The molecule has 2 amide bonds. The number of carboxylic acid groups (broad SMARTS) is 1. The molecule has 1 aliphatic heterocycles. The molecule has 0 aliphatic carbocycles. The van der Waals surface area contributed by atoms with Crippen LogP contribution >= 0.6 is 11.9 Å². The molecule has 1 fully saturated rings. The fourth-order valence-corrected chi connectivity index (χ4v) is 4.78. The number of fused-ring (bicyclic) bond motifs is 1. The van der Waals surface area contributed by atoms with Gasteiger partial charge in [0, 0.05) is 35.9 Å². The van der Waals surface area contributed by atoms with Gasteiger partial charge in [-0.15, -0.1) is 0 Å². The van der Waals surface area contributed by atoms with Crippen LogP contribution in [0, 0.1) is 0 Å². The highest BCUT2D eigenvalue weighted by molar-refractivity contribution is 8.00. The van der Waals surface area contributed by atoms with E-state index in [0.717, 1.165) is 21.5 Å². The molecule has 0 bridgehead atoms. The van der Waals surface area contributed by atoms with Crippen LogP contribution in [0.15, 0.2) is 65.7 Å². The van der Waals surface area contributed by atoms with Crippen molar-refractivity contribution < 1.29 is 14.7 Å². The van der Waals surface area contributed by atoms with E-state index in [-0.39, 0.29) is 18.0 Å². The first-order chi connectivity index (χ1) is 14.9. The highest BCUT2D eigenvalue weighted by atomic mass is 32.2. The molecule has 2 heterocycles. The maximum absolute atomic E-state index is 12.9. The number of hydrogen-bond donors (Lipinski definition) is 2. The fraction of sp³-hybridized carbons (Fsp3) is 0.261. The van der Waals surface area contributed by atoms with Gasteiger partial charge < -0.3 is 14.7 Å². The third kappa shape index (κ3) is 4.44. The number of anilines is 1. The normalized spacial score (nSPS) is 18.8. The molecule has 7 nitrogen and oxygen atoms in total. The summed E-state index contributed by atoms with van der Waals surface area (Å²) >= 11 is 1.48. The predicted octanol–water partition coefficient (Wildman–Crippen LogP) is 4.57. The Hall–Kier alpha value is -3.26. The summed E-state index contributed by atoms with van der Waals surface area (Å²) in [6, 6.07) is 16.9. The lowest BCUT2D eigenvalue weighted by Gasteiger charge is -2.42. The molecule has 2 aromatic carbocycles. The summed E-state index contributed by atoms with van der Waals surface area (Å²) in [5.41, 5.74) is 2.41. The molecule has 31 heavy (non-hydrogen) atoms. The van der Waals surface area contributed by atoms with Crippen molar-refractivity contribution in [1.82, 2.24) is 14.8 Å². The summed E-state index contributed by atoms with van der Waals surface area (Å²) in [6.45, 7) is 4.44. The third-order valence-electron chi connectivity index (χ3n) is 5.43. The Bertz CT molecular complexity index is 1090. The van der Waals surface area contributed by atoms with E-state index in [1.807, 2.05) is 56.3 Å². The topological polar surface area (TPSA) is 85.8 Å². The van der Waals surface area contributed by atoms with Crippen molar-refractivity contribution in [3.63, 3.8) is 0 Å². The van der Waals surface area contributed by atoms with Crippen LogP contribution in [-0.4, -0.2) is 57.1 Å². The lowest BCUT2D eigenvalue weighted by molar-refractivity contribution is 0.0326. The fourth-order valence-electron chi connectivity index (χ4n) is 4.00. The third-order valence-corrected chi connectivity index (χ3v) is 6.32. The maximum Gasteiger partial charge on any atom is 0.407 e. The van der Waals surface area contributed by atoms with E-state index in [1.54, 1.807) is 23.2 Å². The van der Waals surface area contributed by atoms with E-state index in [0.29, 0.717) is 18.7 Å². The smallest absolute Gasteiger partial charge is 0.407 e. The number of para-hydroxylation sites is 1. The number of nitrogens with zero attached hydrogens (tertiary/aromatic N) is 3. The van der Waals surface area contributed by atoms with Crippen molar-refractivity contribution in [2.45, 2.75) is 30.8 Å². The van der Waals surface area contributed by atoms with E-state index in [2.05, 4.69) is 9.71 Å². The van der Waals surface area contributed by atoms with Gasteiger partial charge in [0.2, 0.25) is 0 Å². The monoisotopic (exact) mass is 436 g/mol. The van der Waals surface area contributed by atoms with Crippen LogP contribution in [0.5, 0.6) is 0 Å². The molecule has 2 N–H and O–H groups in total. The lowest BCUT2D eigenvalue weighted by atomic mass is 10.1. The number of benzene rings is 2. The second-order valence-corrected chi connectivity index (χ2v) is 8.56. The second-order valence-electron chi connectivity index (χ2n) is 7.71. The number of hydrogen-bond acceptors (Lipinski definition) is 5. The Balaban J connectivity index is 1.41. The molecule has 0 saturated carbocycles. The van der Waals surface area contributed by atoms with Gasteiger partial charge in [-0.05, 0) is 62.2 Å². The van der Waals surface area contributed by atoms with Crippen molar-refractivity contribution in [2.75, 3.05) is 17.8 Å². The van der Waals surface area contributed by atoms with Crippen molar-refractivity contribution in [3.05, 3.63) is 66.4 Å². The van der Waals surface area contributed by atoms with Crippen LogP contribution in [0.3, 0.4) is 0 Å². The largest absolute Gasteiger partial charge is 0.465 e. The standard InChI is InChI=1S/C23H24N4O3S/c1-15-13-26(14-16(2)27(15)23(29)30)22(28)18-8-10-19(11-9-18)25-31-20-7-3-5-17-6-4-12-24-21(17)20/h3-12,15-16,25H,13-14H2,1-2H3,(H,29,30). The molecule has 1 aliphatic rings. The Morgan fingerprint density at radius 3 is 2.39 bits per heavy atom. The van der Waals surface area contributed by atoms with Crippen LogP contribution in [0.4, 0.5) is 10.5 Å². The van der Waals surface area contributed by atoms with Gasteiger partial charge >= 0.3 is 6.09 Å². The summed E-state index contributed by atoms with van der Waals surface area (Å²) < 4.78 is 3.31. The summed E-state index contributed by atoms with van der Waals surface area (Å²) in [7, 11) is 0. The van der Waals surface area contributed by atoms with Gasteiger partial charge in [-0.1, -0.05) is 18.2 Å². The molecule has 8 heteroatoms. The minimum Gasteiger partial charge on any atom is -0.465 e. The molecule has 2 unspecified atom stereocenters. The van der Waals surface area contributed by atoms with Crippen LogP contribution in [0.1, 0.15) is 24.2 Å². The van der Waals surface area contributed by atoms with E-state index >= 15 is 0 Å². The van der Waals surface area contributed by atoms with Gasteiger partial charge in [0.1, 0.15) is 0 Å². The number of nitrogens with one attached hydrogen (secondary N) is 1. The molecule has 2 atom stereocenters. The van der Waals surface area contributed by atoms with Gasteiger partial charge in [-0.2, -0.15) is 0 Å². The Labute approximate surface area is 185 Å². The number of pyridine rings is 1. The molecule has 1 saturated heterocycles.